The first-order valence-electron chi connectivity index (χ1n) is 10.9. The highest BCUT2D eigenvalue weighted by molar-refractivity contribution is 5.89. The number of benzene rings is 2. The molecule has 0 saturated carbocycles. The van der Waals surface area contributed by atoms with Crippen LogP contribution in [0.1, 0.15) is 17.5 Å². The maximum atomic E-state index is 12.9. The molecule has 1 fully saturated rings. The van der Waals surface area contributed by atoms with E-state index in [0.717, 1.165) is 28.0 Å². The van der Waals surface area contributed by atoms with Crippen LogP contribution < -0.4 is 10.1 Å². The second-order valence-corrected chi connectivity index (χ2v) is 7.89. The van der Waals surface area contributed by atoms with Crippen LogP contribution in [-0.2, 0) is 16.0 Å². The molecule has 1 aromatic heterocycles. The lowest BCUT2D eigenvalue weighted by Crippen LogP contribution is -2.58. The molecule has 0 unspecified atom stereocenters. The quantitative estimate of drug-likeness (QED) is 0.625. The summed E-state index contributed by atoms with van der Waals surface area (Å²) in [5.74, 6) is 0.608. The van der Waals surface area contributed by atoms with Crippen LogP contribution >= 0.6 is 0 Å². The molecule has 1 atom stereocenters. The van der Waals surface area contributed by atoms with Crippen molar-refractivity contribution in [1.29, 1.82) is 0 Å². The number of amides is 2. The summed E-state index contributed by atoms with van der Waals surface area (Å²) in [7, 11) is 0. The van der Waals surface area contributed by atoms with E-state index in [1.807, 2.05) is 67.6 Å². The maximum Gasteiger partial charge on any atom is 0.243 e. The molecule has 32 heavy (non-hydrogen) atoms. The normalized spacial score (nSPS) is 15.8. The van der Waals surface area contributed by atoms with Crippen LogP contribution in [0, 0.1) is 6.92 Å². The summed E-state index contributed by atoms with van der Waals surface area (Å²) < 4.78 is 5.78. The average molecular weight is 430 g/mol. The van der Waals surface area contributed by atoms with Crippen molar-refractivity contribution in [2.75, 3.05) is 19.7 Å². The molecule has 164 valence electrons. The first kappa shape index (κ1) is 21.6. The molecule has 0 spiro atoms. The van der Waals surface area contributed by atoms with Crippen LogP contribution in [0.5, 0.6) is 5.75 Å². The zero-order valence-electron chi connectivity index (χ0n) is 18.2. The van der Waals surface area contributed by atoms with E-state index in [1.165, 1.54) is 0 Å². The minimum Gasteiger partial charge on any atom is -0.493 e. The highest BCUT2D eigenvalue weighted by Crippen LogP contribution is 2.21. The molecule has 4 rings (SSSR count). The molecule has 0 radical (unpaired) electrons. The van der Waals surface area contributed by atoms with Crippen LogP contribution in [0.3, 0.4) is 0 Å². The lowest BCUT2D eigenvalue weighted by atomic mass is 9.99. The van der Waals surface area contributed by atoms with E-state index in [0.29, 0.717) is 19.5 Å². The molecular weight excluding hydrogens is 402 g/mol. The third-order valence-electron chi connectivity index (χ3n) is 5.71. The van der Waals surface area contributed by atoms with Gasteiger partial charge >= 0.3 is 0 Å². The number of rotatable bonds is 7. The van der Waals surface area contributed by atoms with Crippen LogP contribution in [0.15, 0.2) is 73.1 Å². The number of nitrogens with one attached hydrogen (secondary N) is 1. The van der Waals surface area contributed by atoms with Crippen molar-refractivity contribution in [2.24, 2.45) is 0 Å². The van der Waals surface area contributed by atoms with E-state index in [1.54, 1.807) is 17.3 Å². The SMILES string of the molecule is Cc1ccccc1OCCC(=O)N1CCNC(=O)[C@H]1Cc1ccc(-c2ccncc2)cc1. The second-order valence-electron chi connectivity index (χ2n) is 7.89. The van der Waals surface area contributed by atoms with Gasteiger partial charge in [0, 0.05) is 31.9 Å². The van der Waals surface area contributed by atoms with Crippen LogP contribution in [-0.4, -0.2) is 47.4 Å². The summed E-state index contributed by atoms with van der Waals surface area (Å²) in [5.41, 5.74) is 4.22. The van der Waals surface area contributed by atoms with Gasteiger partial charge in [-0.05, 0) is 47.4 Å². The lowest BCUT2D eigenvalue weighted by Gasteiger charge is -2.35. The molecule has 2 heterocycles. The van der Waals surface area contributed by atoms with Crippen molar-refractivity contribution in [3.05, 3.63) is 84.2 Å². The number of carbonyl (C=O) groups is 2. The number of para-hydroxylation sites is 1. The summed E-state index contributed by atoms with van der Waals surface area (Å²) in [6.07, 6.45) is 4.25. The highest BCUT2D eigenvalue weighted by atomic mass is 16.5. The molecule has 1 N–H and O–H groups in total. The van der Waals surface area contributed by atoms with Gasteiger partial charge < -0.3 is 15.0 Å². The zero-order valence-corrected chi connectivity index (χ0v) is 18.2. The molecule has 1 saturated heterocycles. The van der Waals surface area contributed by atoms with Gasteiger partial charge in [-0.25, -0.2) is 0 Å². The van der Waals surface area contributed by atoms with E-state index < -0.39 is 6.04 Å². The minimum atomic E-state index is -0.513. The molecule has 1 aliphatic rings. The Bertz CT molecular complexity index is 1070. The fourth-order valence-electron chi connectivity index (χ4n) is 3.93. The van der Waals surface area contributed by atoms with Crippen molar-refractivity contribution >= 4 is 11.8 Å². The lowest BCUT2D eigenvalue weighted by molar-refractivity contribution is -0.143. The Morgan fingerprint density at radius 3 is 2.53 bits per heavy atom. The number of piperazine rings is 1. The summed E-state index contributed by atoms with van der Waals surface area (Å²) in [6, 6.07) is 19.2. The van der Waals surface area contributed by atoms with Gasteiger partial charge in [0.25, 0.3) is 0 Å². The predicted octanol–water partition coefficient (Wildman–Crippen LogP) is 3.40. The number of nitrogens with zero attached hydrogens (tertiary/aromatic N) is 2. The summed E-state index contributed by atoms with van der Waals surface area (Å²) in [4.78, 5) is 31.3. The number of pyridine rings is 1. The van der Waals surface area contributed by atoms with Gasteiger partial charge in [0.2, 0.25) is 11.8 Å². The first-order chi connectivity index (χ1) is 15.6. The monoisotopic (exact) mass is 429 g/mol. The third kappa shape index (κ3) is 5.14. The van der Waals surface area contributed by atoms with Crippen LogP contribution in [0.4, 0.5) is 0 Å². The van der Waals surface area contributed by atoms with Gasteiger partial charge in [-0.15, -0.1) is 0 Å². The van der Waals surface area contributed by atoms with Crippen molar-refractivity contribution in [1.82, 2.24) is 15.2 Å². The Morgan fingerprint density at radius 2 is 1.78 bits per heavy atom. The van der Waals surface area contributed by atoms with Gasteiger partial charge in [-0.2, -0.15) is 0 Å². The molecule has 2 aromatic carbocycles. The number of hydrogen-bond donors (Lipinski definition) is 1. The van der Waals surface area contributed by atoms with Crippen LogP contribution in [0.25, 0.3) is 11.1 Å². The Morgan fingerprint density at radius 1 is 1.06 bits per heavy atom. The highest BCUT2D eigenvalue weighted by Gasteiger charge is 2.32. The van der Waals surface area contributed by atoms with E-state index >= 15 is 0 Å². The molecule has 1 aliphatic heterocycles. The second kappa shape index (κ2) is 10.1. The van der Waals surface area contributed by atoms with E-state index in [9.17, 15) is 9.59 Å². The van der Waals surface area contributed by atoms with E-state index in [4.69, 9.17) is 4.74 Å². The summed E-state index contributed by atoms with van der Waals surface area (Å²) >= 11 is 0. The Hall–Kier alpha value is -3.67. The molecule has 3 aromatic rings. The number of carbonyl (C=O) groups excluding carboxylic acids is 2. The predicted molar refractivity (Wildman–Crippen MR) is 123 cm³/mol. The van der Waals surface area contributed by atoms with E-state index in [-0.39, 0.29) is 24.8 Å². The van der Waals surface area contributed by atoms with E-state index in [2.05, 4.69) is 10.3 Å². The third-order valence-corrected chi connectivity index (χ3v) is 5.71. The van der Waals surface area contributed by atoms with Crippen molar-refractivity contribution in [3.63, 3.8) is 0 Å². The zero-order chi connectivity index (χ0) is 22.3. The van der Waals surface area contributed by atoms with Crippen molar-refractivity contribution in [2.45, 2.75) is 25.8 Å². The first-order valence-corrected chi connectivity index (χ1v) is 10.9. The molecule has 0 bridgehead atoms. The molecule has 6 heteroatoms. The summed E-state index contributed by atoms with van der Waals surface area (Å²) in [5, 5.41) is 2.89. The van der Waals surface area contributed by atoms with Gasteiger partial charge in [0.1, 0.15) is 11.8 Å². The van der Waals surface area contributed by atoms with Crippen LogP contribution in [0.2, 0.25) is 0 Å². The smallest absolute Gasteiger partial charge is 0.243 e. The number of aryl methyl sites for hydroxylation is 1. The molecule has 0 aliphatic carbocycles. The fourth-order valence-corrected chi connectivity index (χ4v) is 3.93. The van der Waals surface area contributed by atoms with Gasteiger partial charge in [0.15, 0.2) is 0 Å². The fraction of sp³-hybridized carbons (Fsp3) is 0.269. The molecular formula is C26H27N3O3. The van der Waals surface area contributed by atoms with Gasteiger partial charge in [-0.1, -0.05) is 42.5 Å². The Balaban J connectivity index is 1.39. The summed E-state index contributed by atoms with van der Waals surface area (Å²) in [6.45, 7) is 3.24. The molecule has 2 amide bonds. The topological polar surface area (TPSA) is 71.5 Å². The van der Waals surface area contributed by atoms with Crippen molar-refractivity contribution < 1.29 is 14.3 Å². The maximum absolute atomic E-state index is 12.9. The number of hydrogen-bond acceptors (Lipinski definition) is 4. The Labute approximate surface area is 188 Å². The number of aromatic nitrogens is 1. The van der Waals surface area contributed by atoms with Gasteiger partial charge in [-0.3, -0.25) is 14.6 Å². The van der Waals surface area contributed by atoms with Gasteiger partial charge in [0.05, 0.1) is 13.0 Å². The largest absolute Gasteiger partial charge is 0.493 e. The minimum absolute atomic E-state index is 0.0631. The standard InChI is InChI=1S/C26H27N3O3/c1-19-4-2-3-5-24(19)32-17-12-25(30)29-16-15-28-26(31)23(29)18-20-6-8-21(9-7-20)22-10-13-27-14-11-22/h2-11,13-14,23H,12,15-18H2,1H3,(H,28,31)/t23-/m1/s1. The number of ether oxygens (including phenoxy) is 1. The average Bonchev–Trinajstić information content (AvgIpc) is 2.82. The van der Waals surface area contributed by atoms with Crippen molar-refractivity contribution in [3.8, 4) is 16.9 Å². The molecule has 6 nitrogen and oxygen atoms in total. The Kier molecular flexibility index (Phi) is 6.80.